The minimum atomic E-state index is -0.604. The highest BCUT2D eigenvalue weighted by molar-refractivity contribution is 5.49. The summed E-state index contributed by atoms with van der Waals surface area (Å²) in [6, 6.07) is 1.69. The molecule has 1 saturated carbocycles. The fourth-order valence-corrected chi connectivity index (χ4v) is 2.20. The Kier molecular flexibility index (Phi) is 2.37. The maximum Gasteiger partial charge on any atom is 0.349 e. The standard InChI is InChI=1S/C11H15N5O2/c1-7-13-8(12-6-11(18)3-2-4-11)5-9-14-15-10(17)16(7)9/h5,12,18H,2-4,6H2,1H3,(H,15,17). The fourth-order valence-electron chi connectivity index (χ4n) is 2.20. The monoisotopic (exact) mass is 249 g/mol. The minimum absolute atomic E-state index is 0.292. The van der Waals surface area contributed by atoms with E-state index in [1.807, 2.05) is 0 Å². The first-order chi connectivity index (χ1) is 8.57. The summed E-state index contributed by atoms with van der Waals surface area (Å²) >= 11 is 0. The second-order valence-electron chi connectivity index (χ2n) is 4.84. The van der Waals surface area contributed by atoms with Crippen molar-refractivity contribution in [1.29, 1.82) is 0 Å². The molecule has 2 aromatic heterocycles. The van der Waals surface area contributed by atoms with Crippen LogP contribution in [-0.4, -0.2) is 36.8 Å². The molecule has 1 fully saturated rings. The van der Waals surface area contributed by atoms with Gasteiger partial charge >= 0.3 is 5.69 Å². The van der Waals surface area contributed by atoms with Crippen molar-refractivity contribution < 1.29 is 5.11 Å². The van der Waals surface area contributed by atoms with Crippen LogP contribution in [0.3, 0.4) is 0 Å². The number of nitrogens with zero attached hydrogens (tertiary/aromatic N) is 3. The Morgan fingerprint density at radius 2 is 2.39 bits per heavy atom. The Hall–Kier alpha value is -1.89. The van der Waals surface area contributed by atoms with E-state index in [1.165, 1.54) is 4.40 Å². The van der Waals surface area contributed by atoms with Crippen molar-refractivity contribution in [3.63, 3.8) is 0 Å². The number of hydrogen-bond donors (Lipinski definition) is 3. The average molecular weight is 249 g/mol. The van der Waals surface area contributed by atoms with E-state index in [4.69, 9.17) is 0 Å². The molecule has 7 nitrogen and oxygen atoms in total. The van der Waals surface area contributed by atoms with Gasteiger partial charge < -0.3 is 10.4 Å². The maximum atomic E-state index is 11.4. The molecule has 0 bridgehead atoms. The molecule has 0 saturated heterocycles. The van der Waals surface area contributed by atoms with Gasteiger partial charge in [0.25, 0.3) is 0 Å². The summed E-state index contributed by atoms with van der Waals surface area (Å²) in [7, 11) is 0. The van der Waals surface area contributed by atoms with Crippen molar-refractivity contribution in [2.24, 2.45) is 0 Å². The molecule has 7 heteroatoms. The van der Waals surface area contributed by atoms with E-state index in [1.54, 1.807) is 13.0 Å². The van der Waals surface area contributed by atoms with Crippen LogP contribution >= 0.6 is 0 Å². The summed E-state index contributed by atoms with van der Waals surface area (Å²) in [5.74, 6) is 1.19. The molecule has 0 amide bonds. The van der Waals surface area contributed by atoms with Crippen LogP contribution in [-0.2, 0) is 0 Å². The predicted molar refractivity (Wildman–Crippen MR) is 65.6 cm³/mol. The van der Waals surface area contributed by atoms with Crippen LogP contribution < -0.4 is 11.0 Å². The predicted octanol–water partition coefficient (Wildman–Crippen LogP) is 0.0529. The Morgan fingerprint density at radius 1 is 1.61 bits per heavy atom. The number of aromatic nitrogens is 4. The maximum absolute atomic E-state index is 11.4. The van der Waals surface area contributed by atoms with Crippen LogP contribution in [0.15, 0.2) is 10.9 Å². The zero-order chi connectivity index (χ0) is 12.8. The van der Waals surface area contributed by atoms with Crippen molar-refractivity contribution in [2.45, 2.75) is 31.8 Å². The molecule has 0 atom stereocenters. The summed E-state index contributed by atoms with van der Waals surface area (Å²) in [5.41, 5.74) is -0.373. The highest BCUT2D eigenvalue weighted by Gasteiger charge is 2.34. The molecule has 3 N–H and O–H groups in total. The van der Waals surface area contributed by atoms with Crippen LogP contribution in [0, 0.1) is 6.92 Å². The first-order valence-corrected chi connectivity index (χ1v) is 5.98. The van der Waals surface area contributed by atoms with E-state index >= 15 is 0 Å². The van der Waals surface area contributed by atoms with Crippen molar-refractivity contribution in [3.05, 3.63) is 22.4 Å². The smallest absolute Gasteiger partial charge is 0.349 e. The molecule has 1 aliphatic carbocycles. The third kappa shape index (κ3) is 1.76. The number of nitrogens with one attached hydrogen (secondary N) is 2. The number of aryl methyl sites for hydroxylation is 1. The number of aromatic amines is 1. The zero-order valence-electron chi connectivity index (χ0n) is 10.1. The number of anilines is 1. The highest BCUT2D eigenvalue weighted by atomic mass is 16.3. The van der Waals surface area contributed by atoms with Gasteiger partial charge in [-0.3, -0.25) is 0 Å². The van der Waals surface area contributed by atoms with Crippen molar-refractivity contribution in [1.82, 2.24) is 19.6 Å². The molecule has 2 heterocycles. The lowest BCUT2D eigenvalue weighted by Crippen LogP contribution is -2.43. The lowest BCUT2D eigenvalue weighted by Gasteiger charge is -2.36. The lowest BCUT2D eigenvalue weighted by molar-refractivity contribution is -0.0202. The number of aliphatic hydroxyl groups is 1. The van der Waals surface area contributed by atoms with Crippen molar-refractivity contribution in [2.75, 3.05) is 11.9 Å². The molecule has 0 aromatic carbocycles. The van der Waals surface area contributed by atoms with E-state index < -0.39 is 5.60 Å². The molecule has 18 heavy (non-hydrogen) atoms. The summed E-state index contributed by atoms with van der Waals surface area (Å²) in [6.45, 7) is 2.22. The summed E-state index contributed by atoms with van der Waals surface area (Å²) in [5, 5.41) is 19.4. The zero-order valence-corrected chi connectivity index (χ0v) is 10.1. The van der Waals surface area contributed by atoms with Gasteiger partial charge in [-0.2, -0.15) is 5.10 Å². The number of fused-ring (bicyclic) bond motifs is 1. The fraction of sp³-hybridized carbons (Fsp3) is 0.545. The number of rotatable bonds is 3. The first kappa shape index (κ1) is 11.2. The van der Waals surface area contributed by atoms with Gasteiger partial charge in [-0.05, 0) is 26.2 Å². The van der Waals surface area contributed by atoms with Crippen LogP contribution in [0.1, 0.15) is 25.1 Å². The first-order valence-electron chi connectivity index (χ1n) is 5.98. The van der Waals surface area contributed by atoms with Gasteiger partial charge in [-0.15, -0.1) is 0 Å². The summed E-state index contributed by atoms with van der Waals surface area (Å²) in [4.78, 5) is 15.7. The Balaban J connectivity index is 1.86. The van der Waals surface area contributed by atoms with Gasteiger partial charge in [0, 0.05) is 12.6 Å². The molecule has 2 aromatic rings. The third-order valence-corrected chi connectivity index (χ3v) is 3.45. The van der Waals surface area contributed by atoms with Crippen LogP contribution in [0.4, 0.5) is 5.82 Å². The van der Waals surface area contributed by atoms with Crippen molar-refractivity contribution in [3.8, 4) is 0 Å². The van der Waals surface area contributed by atoms with E-state index in [0.717, 1.165) is 19.3 Å². The van der Waals surface area contributed by atoms with Crippen LogP contribution in [0.5, 0.6) is 0 Å². The van der Waals surface area contributed by atoms with Crippen LogP contribution in [0.2, 0.25) is 0 Å². The molecule has 0 radical (unpaired) electrons. The van der Waals surface area contributed by atoms with E-state index in [-0.39, 0.29) is 5.69 Å². The molecule has 0 aliphatic heterocycles. The van der Waals surface area contributed by atoms with Gasteiger partial charge in [0.1, 0.15) is 11.6 Å². The topological polar surface area (TPSA) is 95.3 Å². The number of hydrogen-bond acceptors (Lipinski definition) is 5. The summed E-state index contributed by atoms with van der Waals surface area (Å²) in [6.07, 6.45) is 2.71. The second kappa shape index (κ2) is 3.81. The van der Waals surface area contributed by atoms with Crippen LogP contribution in [0.25, 0.3) is 5.65 Å². The molecule has 3 rings (SSSR count). The quantitative estimate of drug-likeness (QED) is 0.714. The third-order valence-electron chi connectivity index (χ3n) is 3.45. The second-order valence-corrected chi connectivity index (χ2v) is 4.84. The van der Waals surface area contributed by atoms with Gasteiger partial charge in [0.2, 0.25) is 0 Å². The minimum Gasteiger partial charge on any atom is -0.388 e. The molecule has 1 aliphatic rings. The number of H-pyrrole nitrogens is 1. The molecule has 0 spiro atoms. The van der Waals surface area contributed by atoms with E-state index in [2.05, 4.69) is 20.5 Å². The molecular formula is C11H15N5O2. The Bertz CT molecular complexity index is 640. The van der Waals surface area contributed by atoms with Crippen molar-refractivity contribution >= 4 is 11.5 Å². The van der Waals surface area contributed by atoms with Gasteiger partial charge in [0.15, 0.2) is 5.65 Å². The van der Waals surface area contributed by atoms with E-state index in [0.29, 0.717) is 23.8 Å². The SMILES string of the molecule is Cc1nc(NCC2(O)CCC2)cc2n[nH]c(=O)n12. The molecule has 0 unspecified atom stereocenters. The molecule has 96 valence electrons. The Labute approximate surface area is 103 Å². The lowest BCUT2D eigenvalue weighted by atomic mass is 9.80. The normalized spacial score (nSPS) is 17.7. The Morgan fingerprint density at radius 3 is 3.06 bits per heavy atom. The van der Waals surface area contributed by atoms with Gasteiger partial charge in [-0.1, -0.05) is 0 Å². The average Bonchev–Trinajstić information content (AvgIpc) is 2.66. The largest absolute Gasteiger partial charge is 0.388 e. The summed E-state index contributed by atoms with van der Waals surface area (Å²) < 4.78 is 1.41. The molecular weight excluding hydrogens is 234 g/mol. The van der Waals surface area contributed by atoms with E-state index in [9.17, 15) is 9.90 Å². The highest BCUT2D eigenvalue weighted by Crippen LogP contribution is 2.31. The van der Waals surface area contributed by atoms with Gasteiger partial charge in [-0.25, -0.2) is 19.3 Å². The van der Waals surface area contributed by atoms with Gasteiger partial charge in [0.05, 0.1) is 5.60 Å².